The number of halogens is 4. The Balaban J connectivity index is 1.81. The van der Waals surface area contributed by atoms with Crippen molar-refractivity contribution in [3.8, 4) is 0 Å². The molecule has 2 rings (SSSR count). The van der Waals surface area contributed by atoms with Gasteiger partial charge in [-0.25, -0.2) is 0 Å². The Morgan fingerprint density at radius 2 is 1.85 bits per heavy atom. The second-order valence-corrected chi connectivity index (χ2v) is 9.52. The molecule has 6 nitrogen and oxygen atoms in total. The highest BCUT2D eigenvalue weighted by atomic mass is 35.5. The molecule has 1 aliphatic rings. The quantitative estimate of drug-likeness (QED) is 0.537. The molecular formula is C23H33ClF3N3O3. The molecule has 33 heavy (non-hydrogen) atoms. The lowest BCUT2D eigenvalue weighted by molar-refractivity contribution is -0.264. The van der Waals surface area contributed by atoms with Gasteiger partial charge in [0, 0.05) is 45.3 Å². The van der Waals surface area contributed by atoms with Gasteiger partial charge in [0.2, 0.25) is 5.60 Å². The molecule has 1 aromatic carbocycles. The van der Waals surface area contributed by atoms with Crippen LogP contribution in [0.5, 0.6) is 0 Å². The number of hydrogen-bond acceptors (Lipinski definition) is 4. The molecule has 1 fully saturated rings. The summed E-state index contributed by atoms with van der Waals surface area (Å²) in [6.45, 7) is 4.02. The fraction of sp³-hybridized carbons (Fsp3) is 0.652. The van der Waals surface area contributed by atoms with Gasteiger partial charge in [-0.1, -0.05) is 25.4 Å². The van der Waals surface area contributed by atoms with Crippen molar-refractivity contribution in [3.05, 3.63) is 28.8 Å². The van der Waals surface area contributed by atoms with E-state index in [1.807, 2.05) is 6.07 Å². The average Bonchev–Trinajstić information content (AvgIpc) is 2.74. The Morgan fingerprint density at radius 3 is 2.33 bits per heavy atom. The number of benzene rings is 1. The van der Waals surface area contributed by atoms with Crippen LogP contribution in [0.15, 0.2) is 18.2 Å². The molecule has 0 bridgehead atoms. The van der Waals surface area contributed by atoms with Gasteiger partial charge in [0.25, 0.3) is 11.8 Å². The number of rotatable bonds is 8. The maximum atomic E-state index is 13.2. The van der Waals surface area contributed by atoms with Crippen molar-refractivity contribution in [3.63, 3.8) is 0 Å². The zero-order valence-corrected chi connectivity index (χ0v) is 20.3. The van der Waals surface area contributed by atoms with E-state index in [0.717, 1.165) is 38.0 Å². The molecule has 186 valence electrons. The van der Waals surface area contributed by atoms with E-state index in [0.29, 0.717) is 22.9 Å². The predicted molar refractivity (Wildman–Crippen MR) is 122 cm³/mol. The standard InChI is InChI=1S/C23H33ClF3N3O3/c1-15(2)22(33,23(25,26)27)21(32)28-11-5-6-16-9-12-30(13-10-16)17-7-8-18(19(24)14-17)20(31)29(3)4/h7-8,14-16,33H,5-6,9-13H2,1-4H3,(H,28,32). The first-order valence-electron chi connectivity index (χ1n) is 11.1. The molecule has 10 heteroatoms. The number of alkyl halides is 3. The van der Waals surface area contributed by atoms with Gasteiger partial charge in [0.05, 0.1) is 10.6 Å². The lowest BCUT2D eigenvalue weighted by Gasteiger charge is -2.34. The third-order valence-corrected chi connectivity index (χ3v) is 6.57. The summed E-state index contributed by atoms with van der Waals surface area (Å²) in [5.41, 5.74) is -1.98. The third-order valence-electron chi connectivity index (χ3n) is 6.26. The minimum Gasteiger partial charge on any atom is -0.372 e. The highest BCUT2D eigenvalue weighted by Gasteiger charge is 2.61. The first kappa shape index (κ1) is 27.2. The molecule has 0 spiro atoms. The molecule has 0 saturated carbocycles. The number of anilines is 1. The monoisotopic (exact) mass is 491 g/mol. The smallest absolute Gasteiger partial charge is 0.372 e. The highest BCUT2D eigenvalue weighted by Crippen LogP contribution is 2.36. The summed E-state index contributed by atoms with van der Waals surface area (Å²) in [6.07, 6.45) is -1.91. The minimum atomic E-state index is -5.03. The summed E-state index contributed by atoms with van der Waals surface area (Å²) < 4.78 is 39.5. The van der Waals surface area contributed by atoms with Crippen molar-refractivity contribution >= 4 is 29.1 Å². The van der Waals surface area contributed by atoms with Gasteiger partial charge < -0.3 is 20.2 Å². The summed E-state index contributed by atoms with van der Waals surface area (Å²) in [7, 11) is 3.34. The molecule has 2 N–H and O–H groups in total. The van der Waals surface area contributed by atoms with E-state index in [4.69, 9.17) is 11.6 Å². The Hall–Kier alpha value is -2.00. The summed E-state index contributed by atoms with van der Waals surface area (Å²) in [5.74, 6) is -2.44. The van der Waals surface area contributed by atoms with Crippen molar-refractivity contribution in [2.24, 2.45) is 11.8 Å². The maximum absolute atomic E-state index is 13.2. The van der Waals surface area contributed by atoms with Gasteiger partial charge in [-0.05, 0) is 49.8 Å². The second-order valence-electron chi connectivity index (χ2n) is 9.11. The lowest BCUT2D eigenvalue weighted by atomic mass is 9.88. The molecule has 1 saturated heterocycles. The van der Waals surface area contributed by atoms with Gasteiger partial charge in [-0.2, -0.15) is 13.2 Å². The van der Waals surface area contributed by atoms with Crippen molar-refractivity contribution in [1.82, 2.24) is 10.2 Å². The number of nitrogens with one attached hydrogen (secondary N) is 1. The SMILES string of the molecule is CC(C)C(O)(C(=O)NCCCC1CCN(c2ccc(C(=O)N(C)C)c(Cl)c2)CC1)C(F)(F)F. The summed E-state index contributed by atoms with van der Waals surface area (Å²) >= 11 is 6.31. The maximum Gasteiger partial charge on any atom is 0.426 e. The van der Waals surface area contributed by atoms with E-state index < -0.39 is 23.6 Å². The Morgan fingerprint density at radius 1 is 1.24 bits per heavy atom. The molecule has 1 heterocycles. The van der Waals surface area contributed by atoms with Crippen LogP contribution in [0, 0.1) is 11.8 Å². The van der Waals surface area contributed by atoms with Crippen LogP contribution in [0.25, 0.3) is 0 Å². The fourth-order valence-electron chi connectivity index (χ4n) is 4.04. The molecule has 1 aliphatic heterocycles. The van der Waals surface area contributed by atoms with E-state index >= 15 is 0 Å². The van der Waals surface area contributed by atoms with E-state index in [9.17, 15) is 27.9 Å². The van der Waals surface area contributed by atoms with E-state index in [1.54, 1.807) is 26.2 Å². The van der Waals surface area contributed by atoms with Gasteiger partial charge >= 0.3 is 6.18 Å². The topological polar surface area (TPSA) is 72.9 Å². The number of carbonyl (C=O) groups excluding carboxylic acids is 2. The van der Waals surface area contributed by atoms with Crippen LogP contribution in [0.4, 0.5) is 18.9 Å². The largest absolute Gasteiger partial charge is 0.426 e. The third kappa shape index (κ3) is 6.32. The van der Waals surface area contributed by atoms with Crippen molar-refractivity contribution in [2.45, 2.75) is 51.3 Å². The molecule has 0 aromatic heterocycles. The van der Waals surface area contributed by atoms with Crippen LogP contribution >= 0.6 is 11.6 Å². The summed E-state index contributed by atoms with van der Waals surface area (Å²) in [6, 6.07) is 5.41. The van der Waals surface area contributed by atoms with Crippen LogP contribution in [0.2, 0.25) is 5.02 Å². The number of hydrogen-bond donors (Lipinski definition) is 2. The molecule has 1 atom stereocenters. The number of nitrogens with zero attached hydrogens (tertiary/aromatic N) is 2. The Kier molecular flexibility index (Phi) is 9.04. The van der Waals surface area contributed by atoms with E-state index in [2.05, 4.69) is 10.2 Å². The van der Waals surface area contributed by atoms with Crippen LogP contribution in [0.3, 0.4) is 0 Å². The average molecular weight is 492 g/mol. The second kappa shape index (κ2) is 11.0. The highest BCUT2D eigenvalue weighted by molar-refractivity contribution is 6.34. The van der Waals surface area contributed by atoms with Gasteiger partial charge in [-0.3, -0.25) is 9.59 Å². The summed E-state index contributed by atoms with van der Waals surface area (Å²) in [4.78, 5) is 27.8. The normalized spacial score (nSPS) is 17.1. The first-order chi connectivity index (χ1) is 15.3. The van der Waals surface area contributed by atoms with Gasteiger partial charge in [0.15, 0.2) is 0 Å². The molecule has 1 unspecified atom stereocenters. The van der Waals surface area contributed by atoms with E-state index in [1.165, 1.54) is 18.7 Å². The van der Waals surface area contributed by atoms with Crippen LogP contribution in [-0.4, -0.2) is 67.3 Å². The van der Waals surface area contributed by atoms with E-state index in [-0.39, 0.29) is 12.5 Å². The predicted octanol–water partition coefficient (Wildman–Crippen LogP) is 4.10. The molecule has 1 aromatic rings. The first-order valence-corrected chi connectivity index (χ1v) is 11.5. The Labute approximate surface area is 198 Å². The van der Waals surface area contributed by atoms with Crippen molar-refractivity contribution in [2.75, 3.05) is 38.6 Å². The fourth-order valence-corrected chi connectivity index (χ4v) is 4.30. The zero-order valence-electron chi connectivity index (χ0n) is 19.5. The van der Waals surface area contributed by atoms with Crippen molar-refractivity contribution < 1.29 is 27.9 Å². The molecule has 0 radical (unpaired) electrons. The Bertz CT molecular complexity index is 840. The van der Waals surface area contributed by atoms with Crippen molar-refractivity contribution in [1.29, 1.82) is 0 Å². The van der Waals surface area contributed by atoms with Crippen LogP contribution < -0.4 is 10.2 Å². The molecule has 2 amide bonds. The lowest BCUT2D eigenvalue weighted by Crippen LogP contribution is -2.60. The number of amides is 2. The van der Waals surface area contributed by atoms with Crippen LogP contribution in [-0.2, 0) is 4.79 Å². The van der Waals surface area contributed by atoms with Gasteiger partial charge in [-0.15, -0.1) is 0 Å². The molecular weight excluding hydrogens is 459 g/mol. The zero-order chi connectivity index (χ0) is 25.0. The molecule has 0 aliphatic carbocycles. The summed E-state index contributed by atoms with van der Waals surface area (Å²) in [5, 5.41) is 12.6. The minimum absolute atomic E-state index is 0.0845. The van der Waals surface area contributed by atoms with Crippen LogP contribution in [0.1, 0.15) is 49.9 Å². The number of piperidine rings is 1. The van der Waals surface area contributed by atoms with Gasteiger partial charge in [0.1, 0.15) is 0 Å². The number of aliphatic hydroxyl groups is 1. The number of carbonyl (C=O) groups is 2.